The Labute approximate surface area is 242 Å². The maximum atomic E-state index is 5.90. The lowest BCUT2D eigenvalue weighted by atomic mass is 10.2. The summed E-state index contributed by atoms with van der Waals surface area (Å²) in [5.41, 5.74) is 5.34. The van der Waals surface area contributed by atoms with Gasteiger partial charge in [-0.15, -0.1) is 0 Å². The lowest BCUT2D eigenvalue weighted by Gasteiger charge is -2.27. The van der Waals surface area contributed by atoms with Gasteiger partial charge in [0.25, 0.3) is 0 Å². The van der Waals surface area contributed by atoms with Gasteiger partial charge < -0.3 is 5.32 Å². The van der Waals surface area contributed by atoms with Crippen molar-refractivity contribution in [3.63, 3.8) is 0 Å². The van der Waals surface area contributed by atoms with Crippen molar-refractivity contribution in [2.24, 2.45) is 4.74 Å². The lowest BCUT2D eigenvalue weighted by Crippen LogP contribution is -2.25. The number of nitrogens with one attached hydrogen (secondary N) is 1. The summed E-state index contributed by atoms with van der Waals surface area (Å²) in [6, 6.07) is 51.1. The van der Waals surface area contributed by atoms with Crippen LogP contribution in [0.1, 0.15) is 16.8 Å². The second-order valence-corrected chi connectivity index (χ2v) is 13.1. The molecule has 41 heavy (non-hydrogen) atoms. The topological polar surface area (TPSA) is 42.2 Å². The van der Waals surface area contributed by atoms with Crippen molar-refractivity contribution in [2.45, 2.75) is 20.4 Å². The Balaban J connectivity index is 1.66. The van der Waals surface area contributed by atoms with Gasteiger partial charge in [-0.05, 0) is 38.1 Å². The molecule has 0 saturated heterocycles. The summed E-state index contributed by atoms with van der Waals surface area (Å²) >= 11 is 0. The van der Waals surface area contributed by atoms with Gasteiger partial charge in [0.2, 0.25) is 0 Å². The number of para-hydroxylation sites is 1. The zero-order chi connectivity index (χ0) is 28.1. The van der Waals surface area contributed by atoms with E-state index in [1.165, 1.54) is 21.5 Å². The zero-order valence-electron chi connectivity index (χ0n) is 23.4. The molecule has 0 amide bonds. The summed E-state index contributed by atoms with van der Waals surface area (Å²) in [6.07, 6.45) is 0. The van der Waals surface area contributed by atoms with E-state index in [1.54, 1.807) is 0 Å². The molecular formula is C36H33N4P. The predicted molar refractivity (Wildman–Crippen MR) is 174 cm³/mol. The number of hydrogen-bond donors (Lipinski definition) is 1. The van der Waals surface area contributed by atoms with E-state index < -0.39 is 7.05 Å². The summed E-state index contributed by atoms with van der Waals surface area (Å²) in [4.78, 5) is 0. The third kappa shape index (κ3) is 5.39. The second kappa shape index (κ2) is 11.8. The van der Waals surface area contributed by atoms with E-state index in [-0.39, 0.29) is 0 Å². The summed E-state index contributed by atoms with van der Waals surface area (Å²) in [5, 5.41) is 12.3. The first-order chi connectivity index (χ1) is 20.1. The average Bonchev–Trinajstić information content (AvgIpc) is 3.35. The van der Waals surface area contributed by atoms with Gasteiger partial charge in [0.1, 0.15) is 0 Å². The monoisotopic (exact) mass is 552 g/mol. The number of aromatic nitrogens is 2. The Bertz CT molecular complexity index is 1670. The lowest BCUT2D eigenvalue weighted by molar-refractivity contribution is 0.864. The van der Waals surface area contributed by atoms with Crippen LogP contribution in [0.2, 0.25) is 0 Å². The number of hydrogen-bond acceptors (Lipinski definition) is 3. The highest BCUT2D eigenvalue weighted by molar-refractivity contribution is 7.87. The zero-order valence-corrected chi connectivity index (χ0v) is 24.2. The van der Waals surface area contributed by atoms with Gasteiger partial charge in [-0.3, -0.25) is 0 Å². The van der Waals surface area contributed by atoms with E-state index in [1.807, 2.05) is 22.9 Å². The number of benzene rings is 5. The van der Waals surface area contributed by atoms with Gasteiger partial charge in [0.15, 0.2) is 5.82 Å². The van der Waals surface area contributed by atoms with Crippen LogP contribution in [0.15, 0.2) is 150 Å². The fourth-order valence-corrected chi connectivity index (χ4v) is 8.70. The van der Waals surface area contributed by atoms with E-state index in [4.69, 9.17) is 9.84 Å². The molecule has 0 radical (unpaired) electrons. The molecule has 1 N–H and O–H groups in total. The van der Waals surface area contributed by atoms with Crippen molar-refractivity contribution >= 4 is 34.5 Å². The van der Waals surface area contributed by atoms with Crippen molar-refractivity contribution in [1.29, 1.82) is 0 Å². The van der Waals surface area contributed by atoms with Crippen molar-refractivity contribution < 1.29 is 0 Å². The van der Waals surface area contributed by atoms with Crippen LogP contribution in [0.25, 0.3) is 5.69 Å². The minimum absolute atomic E-state index is 0.610. The van der Waals surface area contributed by atoms with Crippen LogP contribution >= 0.6 is 7.05 Å². The molecular weight excluding hydrogens is 519 g/mol. The Kier molecular flexibility index (Phi) is 7.67. The fraction of sp³-hybridized carbons (Fsp3) is 0.0833. The minimum Gasteiger partial charge on any atom is -0.381 e. The maximum Gasteiger partial charge on any atom is 0.160 e. The summed E-state index contributed by atoms with van der Waals surface area (Å²) < 4.78 is 7.91. The normalized spacial score (nSPS) is 11.3. The van der Waals surface area contributed by atoms with E-state index in [2.05, 4.69) is 147 Å². The third-order valence-corrected chi connectivity index (χ3v) is 10.9. The molecule has 5 heteroatoms. The molecule has 1 heterocycles. The molecule has 4 nitrogen and oxygen atoms in total. The largest absolute Gasteiger partial charge is 0.381 e. The molecule has 0 fully saturated rings. The Hall–Kier alpha value is -4.66. The van der Waals surface area contributed by atoms with Crippen molar-refractivity contribution in [1.82, 2.24) is 9.78 Å². The molecule has 0 aliphatic heterocycles. The molecule has 1 aromatic heterocycles. The van der Waals surface area contributed by atoms with E-state index >= 15 is 0 Å². The summed E-state index contributed by atoms with van der Waals surface area (Å²) in [6.45, 7) is 4.80. The van der Waals surface area contributed by atoms with Gasteiger partial charge in [0.05, 0.1) is 18.4 Å². The third-order valence-electron chi connectivity index (χ3n) is 7.31. The standard InChI is InChI=1S/C36H33N4P/c1-28-23-25-30(26-24-28)37-27-35-29(2)38-40(31-15-7-3-8-16-31)36(35)39-41(32-17-9-4-10-18-32,33-19-11-5-12-20-33)34-21-13-6-14-22-34/h3-26,37H,27H2,1-2H3. The SMILES string of the molecule is Cc1ccc(NCc2c(C)nn(-c3ccccc3)c2N=P(c2ccccc2)(c2ccccc2)c2ccccc2)cc1. The van der Waals surface area contributed by atoms with Crippen LogP contribution in [0, 0.1) is 13.8 Å². The Morgan fingerprint density at radius 2 is 1.07 bits per heavy atom. The van der Waals surface area contributed by atoms with Crippen LogP contribution < -0.4 is 21.2 Å². The van der Waals surface area contributed by atoms with Crippen LogP contribution in [0.4, 0.5) is 11.5 Å². The average molecular weight is 553 g/mol. The summed E-state index contributed by atoms with van der Waals surface area (Å²) in [7, 11) is -2.50. The van der Waals surface area contributed by atoms with E-state index in [0.29, 0.717) is 6.54 Å². The molecule has 0 bridgehead atoms. The van der Waals surface area contributed by atoms with Crippen molar-refractivity contribution in [3.05, 3.63) is 162 Å². The molecule has 6 rings (SSSR count). The molecule has 0 unspecified atom stereocenters. The molecule has 0 aliphatic rings. The maximum absolute atomic E-state index is 5.90. The molecule has 0 spiro atoms. The highest BCUT2D eigenvalue weighted by Crippen LogP contribution is 2.50. The molecule has 202 valence electrons. The Morgan fingerprint density at radius 1 is 0.610 bits per heavy atom. The predicted octanol–water partition coefficient (Wildman–Crippen LogP) is 7.91. The van der Waals surface area contributed by atoms with E-state index in [9.17, 15) is 0 Å². The van der Waals surface area contributed by atoms with Crippen LogP contribution in [-0.2, 0) is 6.54 Å². The fourth-order valence-electron chi connectivity index (χ4n) is 5.16. The first-order valence-electron chi connectivity index (χ1n) is 13.9. The highest BCUT2D eigenvalue weighted by atomic mass is 31.2. The van der Waals surface area contributed by atoms with Crippen LogP contribution in [0.3, 0.4) is 0 Å². The molecule has 0 atom stereocenters. The number of anilines is 1. The first kappa shape index (κ1) is 26.6. The van der Waals surface area contributed by atoms with Crippen LogP contribution in [0.5, 0.6) is 0 Å². The smallest absolute Gasteiger partial charge is 0.160 e. The highest BCUT2D eigenvalue weighted by Gasteiger charge is 2.29. The summed E-state index contributed by atoms with van der Waals surface area (Å²) in [5.74, 6) is 0.873. The van der Waals surface area contributed by atoms with Crippen molar-refractivity contribution in [2.75, 3.05) is 5.32 Å². The molecule has 5 aromatic carbocycles. The number of nitrogens with zero attached hydrogens (tertiary/aromatic N) is 3. The van der Waals surface area contributed by atoms with Gasteiger partial charge >= 0.3 is 0 Å². The molecule has 0 saturated carbocycles. The minimum atomic E-state index is -2.50. The van der Waals surface area contributed by atoms with Crippen LogP contribution in [-0.4, -0.2) is 9.78 Å². The first-order valence-corrected chi connectivity index (χ1v) is 15.6. The number of aryl methyl sites for hydroxylation is 2. The van der Waals surface area contributed by atoms with Gasteiger partial charge in [-0.1, -0.05) is 127 Å². The van der Waals surface area contributed by atoms with Gasteiger partial charge in [-0.2, -0.15) is 5.10 Å². The van der Waals surface area contributed by atoms with Gasteiger partial charge in [0, 0.05) is 33.7 Å². The van der Waals surface area contributed by atoms with Gasteiger partial charge in [-0.25, -0.2) is 9.43 Å². The molecule has 0 aliphatic carbocycles. The second-order valence-electron chi connectivity index (χ2n) is 10.1. The number of rotatable bonds is 8. The molecule has 6 aromatic rings. The quantitative estimate of drug-likeness (QED) is 0.195. The van der Waals surface area contributed by atoms with Crippen molar-refractivity contribution in [3.8, 4) is 5.69 Å². The Morgan fingerprint density at radius 3 is 1.56 bits per heavy atom. The van der Waals surface area contributed by atoms with E-state index in [0.717, 1.165) is 28.5 Å².